The van der Waals surface area contributed by atoms with Gasteiger partial charge in [0.1, 0.15) is 11.5 Å². The average molecular weight is 665 g/mol. The van der Waals surface area contributed by atoms with Crippen LogP contribution in [-0.2, 0) is 5.41 Å². The molecule has 0 bridgehead atoms. The van der Waals surface area contributed by atoms with Crippen LogP contribution in [0.5, 0.6) is 11.5 Å². The van der Waals surface area contributed by atoms with Crippen molar-refractivity contribution >= 4 is 0 Å². The summed E-state index contributed by atoms with van der Waals surface area (Å²) in [6.07, 6.45) is 0. The lowest BCUT2D eigenvalue weighted by Crippen LogP contribution is -2.34. The van der Waals surface area contributed by atoms with Gasteiger partial charge in [0.2, 0.25) is 0 Å². The van der Waals surface area contributed by atoms with Crippen LogP contribution in [0.3, 0.4) is 0 Å². The third-order valence-electron chi connectivity index (χ3n) is 10.1. The predicted octanol–water partition coefficient (Wildman–Crippen LogP) is 12.1. The van der Waals surface area contributed by atoms with Crippen LogP contribution < -0.4 is 4.74 Å². The summed E-state index contributed by atoms with van der Waals surface area (Å²) in [5.41, 5.74) is 12.8. The van der Waals surface area contributed by atoms with Crippen LogP contribution in [0.4, 0.5) is 0 Å². The van der Waals surface area contributed by atoms with Crippen molar-refractivity contribution in [2.24, 2.45) is 0 Å². The quantitative estimate of drug-likeness (QED) is 0.178. The number of ether oxygens (including phenoxy) is 1. The van der Waals surface area contributed by atoms with Gasteiger partial charge in [-0.05, 0) is 69.8 Å². The first-order chi connectivity index (χ1) is 25.7. The summed E-state index contributed by atoms with van der Waals surface area (Å²) in [4.78, 5) is 5.11. The van der Waals surface area contributed by atoms with Crippen LogP contribution in [0.15, 0.2) is 194 Å². The van der Waals surface area contributed by atoms with Gasteiger partial charge in [0.25, 0.3) is 0 Å². The molecule has 7 aromatic carbocycles. The Labute approximate surface area is 303 Å². The fourth-order valence-corrected chi connectivity index (χ4v) is 7.56. The van der Waals surface area contributed by atoms with Crippen LogP contribution in [0.2, 0.25) is 0 Å². The molecule has 0 amide bonds. The molecule has 0 radical (unpaired) electrons. The number of para-hydroxylation sites is 1. The minimum absolute atomic E-state index is 0.544. The summed E-state index contributed by atoms with van der Waals surface area (Å²) in [6, 6.07) is 69.6. The molecule has 1 aliphatic heterocycles. The molecule has 1 aromatic heterocycles. The SMILES string of the molecule is N#Cc1ccc(-c2cc(-c3ccccc3)cc(-c3ccc(-c4ccc5c(c4)Oc4ccccc4C5(c4ccccc4)c4ccccc4)cc3)n2)cc1. The number of nitrogens with zero attached hydrogens (tertiary/aromatic N) is 2. The third kappa shape index (κ3) is 5.35. The molecule has 8 aromatic rings. The lowest BCUT2D eigenvalue weighted by Gasteiger charge is -2.41. The van der Waals surface area contributed by atoms with Gasteiger partial charge in [-0.15, -0.1) is 0 Å². The Bertz CT molecular complexity index is 2530. The lowest BCUT2D eigenvalue weighted by atomic mass is 9.63. The summed E-state index contributed by atoms with van der Waals surface area (Å²) in [6.45, 7) is 0. The Hall–Kier alpha value is -7.02. The number of nitriles is 1. The van der Waals surface area contributed by atoms with E-state index in [-0.39, 0.29) is 0 Å². The lowest BCUT2D eigenvalue weighted by molar-refractivity contribution is 0.435. The Morgan fingerprint density at radius 1 is 0.404 bits per heavy atom. The molecule has 9 rings (SSSR count). The Balaban J connectivity index is 1.13. The van der Waals surface area contributed by atoms with Crippen LogP contribution in [-0.4, -0.2) is 4.98 Å². The highest BCUT2D eigenvalue weighted by atomic mass is 16.5. The largest absolute Gasteiger partial charge is 0.457 e. The Morgan fingerprint density at radius 3 is 1.50 bits per heavy atom. The maximum atomic E-state index is 9.33. The van der Waals surface area contributed by atoms with Crippen molar-refractivity contribution in [1.29, 1.82) is 5.26 Å². The molecular formula is C49H32N2O. The van der Waals surface area contributed by atoms with Gasteiger partial charge in [0.15, 0.2) is 0 Å². The van der Waals surface area contributed by atoms with E-state index in [9.17, 15) is 5.26 Å². The van der Waals surface area contributed by atoms with Crippen molar-refractivity contribution in [3.05, 3.63) is 222 Å². The highest BCUT2D eigenvalue weighted by Gasteiger charge is 2.45. The highest BCUT2D eigenvalue weighted by molar-refractivity contribution is 5.79. The summed E-state index contributed by atoms with van der Waals surface area (Å²) in [7, 11) is 0. The summed E-state index contributed by atoms with van der Waals surface area (Å²) in [5, 5.41) is 9.33. The monoisotopic (exact) mass is 664 g/mol. The summed E-state index contributed by atoms with van der Waals surface area (Å²) >= 11 is 0. The maximum absolute atomic E-state index is 9.33. The van der Waals surface area contributed by atoms with Crippen LogP contribution in [0.25, 0.3) is 44.8 Å². The second-order valence-electron chi connectivity index (χ2n) is 13.1. The van der Waals surface area contributed by atoms with E-state index in [1.165, 1.54) is 11.1 Å². The second kappa shape index (κ2) is 13.0. The highest BCUT2D eigenvalue weighted by Crippen LogP contribution is 2.55. The molecule has 0 saturated heterocycles. The van der Waals surface area contributed by atoms with Crippen LogP contribution in [0, 0.1) is 11.3 Å². The zero-order chi connectivity index (χ0) is 34.9. The van der Waals surface area contributed by atoms with Crippen molar-refractivity contribution < 1.29 is 4.74 Å². The molecule has 0 fully saturated rings. The standard InChI is InChI=1S/C49H32N2O/c50-33-34-20-22-37(23-21-34)45-30-40(35-12-4-1-5-13-35)31-46(51-45)38-26-24-36(25-27-38)39-28-29-44-48(32-39)52-47-19-11-10-18-43(47)49(44,41-14-6-2-7-15-41)42-16-8-3-9-17-42/h1-32H. The van der Waals surface area contributed by atoms with Crippen LogP contribution >= 0.6 is 0 Å². The van der Waals surface area contributed by atoms with Crippen LogP contribution in [0.1, 0.15) is 27.8 Å². The van der Waals surface area contributed by atoms with E-state index in [4.69, 9.17) is 9.72 Å². The zero-order valence-corrected chi connectivity index (χ0v) is 28.3. The average Bonchev–Trinajstić information content (AvgIpc) is 3.23. The van der Waals surface area contributed by atoms with Gasteiger partial charge in [-0.25, -0.2) is 4.98 Å². The fourth-order valence-electron chi connectivity index (χ4n) is 7.56. The molecule has 1 aliphatic rings. The number of hydrogen-bond acceptors (Lipinski definition) is 3. The first kappa shape index (κ1) is 31.0. The Morgan fingerprint density at radius 2 is 0.885 bits per heavy atom. The minimum atomic E-state index is -0.544. The molecule has 0 saturated carbocycles. The van der Waals surface area contributed by atoms with Gasteiger partial charge in [0, 0.05) is 22.3 Å². The van der Waals surface area contributed by atoms with E-state index in [1.54, 1.807) is 0 Å². The van der Waals surface area contributed by atoms with E-state index in [0.717, 1.165) is 67.4 Å². The molecule has 0 unspecified atom stereocenters. The molecule has 52 heavy (non-hydrogen) atoms. The van der Waals surface area contributed by atoms with Crippen molar-refractivity contribution in [2.75, 3.05) is 0 Å². The first-order valence-electron chi connectivity index (χ1n) is 17.4. The molecule has 0 N–H and O–H groups in total. The van der Waals surface area contributed by atoms with Gasteiger partial charge in [-0.2, -0.15) is 5.26 Å². The van der Waals surface area contributed by atoms with E-state index >= 15 is 0 Å². The number of rotatable bonds is 6. The van der Waals surface area contributed by atoms with Gasteiger partial charge in [-0.3, -0.25) is 0 Å². The van der Waals surface area contributed by atoms with Crippen molar-refractivity contribution in [2.45, 2.75) is 5.41 Å². The third-order valence-corrected chi connectivity index (χ3v) is 10.1. The number of hydrogen-bond donors (Lipinski definition) is 0. The summed E-state index contributed by atoms with van der Waals surface area (Å²) < 4.78 is 6.73. The molecule has 0 aliphatic carbocycles. The molecular weight excluding hydrogens is 633 g/mol. The Kier molecular flexibility index (Phi) is 7.76. The van der Waals surface area contributed by atoms with E-state index in [2.05, 4.69) is 164 Å². The number of pyridine rings is 1. The van der Waals surface area contributed by atoms with Crippen molar-refractivity contribution in [3.8, 4) is 62.3 Å². The number of fused-ring (bicyclic) bond motifs is 2. The van der Waals surface area contributed by atoms with Crippen molar-refractivity contribution in [1.82, 2.24) is 4.98 Å². The fraction of sp³-hybridized carbons (Fsp3) is 0.0204. The van der Waals surface area contributed by atoms with E-state index in [1.807, 2.05) is 36.4 Å². The number of benzene rings is 7. The minimum Gasteiger partial charge on any atom is -0.457 e. The second-order valence-corrected chi connectivity index (χ2v) is 13.1. The molecule has 0 atom stereocenters. The molecule has 244 valence electrons. The first-order valence-corrected chi connectivity index (χ1v) is 17.4. The maximum Gasteiger partial charge on any atom is 0.132 e. The van der Waals surface area contributed by atoms with Gasteiger partial charge >= 0.3 is 0 Å². The summed E-state index contributed by atoms with van der Waals surface area (Å²) in [5.74, 6) is 1.70. The molecule has 0 spiro atoms. The van der Waals surface area contributed by atoms with Gasteiger partial charge in [-0.1, -0.05) is 158 Å². The molecule has 3 heteroatoms. The van der Waals surface area contributed by atoms with E-state index < -0.39 is 5.41 Å². The predicted molar refractivity (Wildman–Crippen MR) is 209 cm³/mol. The van der Waals surface area contributed by atoms with Gasteiger partial charge < -0.3 is 4.74 Å². The van der Waals surface area contributed by atoms with E-state index in [0.29, 0.717) is 5.56 Å². The zero-order valence-electron chi connectivity index (χ0n) is 28.3. The molecule has 3 nitrogen and oxygen atoms in total. The normalized spacial score (nSPS) is 12.5. The molecule has 2 heterocycles. The van der Waals surface area contributed by atoms with Crippen molar-refractivity contribution in [3.63, 3.8) is 0 Å². The number of aromatic nitrogens is 1. The topological polar surface area (TPSA) is 45.9 Å². The van der Waals surface area contributed by atoms with Gasteiger partial charge in [0.05, 0.1) is 28.4 Å². The smallest absolute Gasteiger partial charge is 0.132 e.